The highest BCUT2D eigenvalue weighted by atomic mass is 79.9. The molecular formula is C14H20BrNO. The zero-order valence-electron chi connectivity index (χ0n) is 10.3. The van der Waals surface area contributed by atoms with Crippen molar-refractivity contribution in [1.82, 2.24) is 4.90 Å². The highest BCUT2D eigenvalue weighted by molar-refractivity contribution is 9.10. The first-order valence-corrected chi connectivity index (χ1v) is 7.05. The van der Waals surface area contributed by atoms with Crippen LogP contribution in [0.2, 0.25) is 0 Å². The van der Waals surface area contributed by atoms with Crippen molar-refractivity contribution in [3.05, 3.63) is 34.3 Å². The van der Waals surface area contributed by atoms with E-state index in [2.05, 4.69) is 46.1 Å². The van der Waals surface area contributed by atoms with Gasteiger partial charge in [-0.1, -0.05) is 34.1 Å². The predicted octanol–water partition coefficient (Wildman–Crippen LogP) is 2.87. The third-order valence-electron chi connectivity index (χ3n) is 3.83. The summed E-state index contributed by atoms with van der Waals surface area (Å²) in [6.07, 6.45) is 2.37. The van der Waals surface area contributed by atoms with E-state index in [9.17, 15) is 5.11 Å². The molecule has 1 aromatic rings. The van der Waals surface area contributed by atoms with Gasteiger partial charge in [0.2, 0.25) is 0 Å². The standard InChI is InChI=1S/C14H20BrNO/c1-16-8-6-11(7-9-16)13(10-17)12-4-2-3-5-14(12)15/h2-5,11,13,17H,6-10H2,1H3. The van der Waals surface area contributed by atoms with Gasteiger partial charge in [-0.05, 0) is 50.5 Å². The average Bonchev–Trinajstić information content (AvgIpc) is 2.35. The Hall–Kier alpha value is -0.380. The van der Waals surface area contributed by atoms with Gasteiger partial charge in [0.05, 0.1) is 6.61 Å². The van der Waals surface area contributed by atoms with Crippen LogP contribution in [0.25, 0.3) is 0 Å². The number of aliphatic hydroxyl groups excluding tert-OH is 1. The summed E-state index contributed by atoms with van der Waals surface area (Å²) < 4.78 is 1.12. The number of piperidine rings is 1. The Kier molecular flexibility index (Phi) is 4.60. The summed E-state index contributed by atoms with van der Waals surface area (Å²) in [7, 11) is 2.17. The van der Waals surface area contributed by atoms with Crippen molar-refractivity contribution in [1.29, 1.82) is 0 Å². The van der Waals surface area contributed by atoms with Crippen molar-refractivity contribution in [2.24, 2.45) is 5.92 Å². The maximum Gasteiger partial charge on any atom is 0.0502 e. The first kappa shape index (κ1) is 13.1. The van der Waals surface area contributed by atoms with E-state index in [0.29, 0.717) is 5.92 Å². The van der Waals surface area contributed by atoms with Crippen LogP contribution in [0.4, 0.5) is 0 Å². The smallest absolute Gasteiger partial charge is 0.0502 e. The Labute approximate surface area is 112 Å². The van der Waals surface area contributed by atoms with Crippen molar-refractivity contribution in [2.45, 2.75) is 18.8 Å². The highest BCUT2D eigenvalue weighted by Gasteiger charge is 2.27. The van der Waals surface area contributed by atoms with Gasteiger partial charge in [0.1, 0.15) is 0 Å². The second kappa shape index (κ2) is 5.98. The third-order valence-corrected chi connectivity index (χ3v) is 4.56. The molecular weight excluding hydrogens is 278 g/mol. The summed E-state index contributed by atoms with van der Waals surface area (Å²) >= 11 is 3.59. The van der Waals surface area contributed by atoms with E-state index in [-0.39, 0.29) is 12.5 Å². The molecule has 1 fully saturated rings. The van der Waals surface area contributed by atoms with E-state index in [1.807, 2.05) is 6.07 Å². The fourth-order valence-corrected chi connectivity index (χ4v) is 3.29. The molecule has 3 heteroatoms. The van der Waals surface area contributed by atoms with Gasteiger partial charge in [-0.2, -0.15) is 0 Å². The van der Waals surface area contributed by atoms with Gasteiger partial charge < -0.3 is 10.0 Å². The minimum atomic E-state index is 0.247. The van der Waals surface area contributed by atoms with Crippen LogP contribution in [0, 0.1) is 5.92 Å². The zero-order chi connectivity index (χ0) is 12.3. The first-order valence-electron chi connectivity index (χ1n) is 6.26. The van der Waals surface area contributed by atoms with Crippen LogP contribution in [0.1, 0.15) is 24.3 Å². The SMILES string of the molecule is CN1CCC(C(CO)c2ccccc2Br)CC1. The van der Waals surface area contributed by atoms with E-state index in [0.717, 1.165) is 17.6 Å². The normalized spacial score (nSPS) is 20.4. The summed E-state index contributed by atoms with van der Waals surface area (Å²) in [6.45, 7) is 2.54. The van der Waals surface area contributed by atoms with Crippen LogP contribution < -0.4 is 0 Å². The van der Waals surface area contributed by atoms with Crippen molar-refractivity contribution in [2.75, 3.05) is 26.7 Å². The highest BCUT2D eigenvalue weighted by Crippen LogP contribution is 2.35. The molecule has 1 heterocycles. The number of hydrogen-bond donors (Lipinski definition) is 1. The summed E-state index contributed by atoms with van der Waals surface area (Å²) in [5, 5.41) is 9.69. The molecule has 2 rings (SSSR count). The number of benzene rings is 1. The maximum atomic E-state index is 9.69. The first-order chi connectivity index (χ1) is 8.22. The number of rotatable bonds is 3. The molecule has 1 aromatic carbocycles. The molecule has 0 aromatic heterocycles. The maximum absolute atomic E-state index is 9.69. The molecule has 1 N–H and O–H groups in total. The minimum Gasteiger partial charge on any atom is -0.396 e. The van der Waals surface area contributed by atoms with Gasteiger partial charge >= 0.3 is 0 Å². The molecule has 2 nitrogen and oxygen atoms in total. The summed E-state index contributed by atoms with van der Waals surface area (Å²) in [5.74, 6) is 0.883. The number of halogens is 1. The van der Waals surface area contributed by atoms with Crippen LogP contribution in [-0.4, -0.2) is 36.8 Å². The molecule has 1 aliphatic heterocycles. The lowest BCUT2D eigenvalue weighted by molar-refractivity contribution is 0.156. The van der Waals surface area contributed by atoms with Crippen molar-refractivity contribution in [3.8, 4) is 0 Å². The molecule has 0 spiro atoms. The van der Waals surface area contributed by atoms with Gasteiger partial charge in [-0.15, -0.1) is 0 Å². The van der Waals surface area contributed by atoms with Gasteiger partial charge in [0.25, 0.3) is 0 Å². The Balaban J connectivity index is 2.14. The summed E-state index contributed by atoms with van der Waals surface area (Å²) in [4.78, 5) is 2.37. The topological polar surface area (TPSA) is 23.5 Å². The second-order valence-electron chi connectivity index (χ2n) is 4.95. The lowest BCUT2D eigenvalue weighted by Gasteiger charge is -2.34. The molecule has 0 aliphatic carbocycles. The summed E-state index contributed by atoms with van der Waals surface area (Å²) in [6, 6.07) is 8.27. The monoisotopic (exact) mass is 297 g/mol. The van der Waals surface area contributed by atoms with Crippen molar-refractivity contribution >= 4 is 15.9 Å². The van der Waals surface area contributed by atoms with Crippen molar-refractivity contribution < 1.29 is 5.11 Å². The number of likely N-dealkylation sites (tertiary alicyclic amines) is 1. The molecule has 0 saturated carbocycles. The third kappa shape index (κ3) is 3.09. The largest absolute Gasteiger partial charge is 0.396 e. The number of hydrogen-bond acceptors (Lipinski definition) is 2. The zero-order valence-corrected chi connectivity index (χ0v) is 11.9. The minimum absolute atomic E-state index is 0.247. The Bertz CT molecular complexity index is 361. The molecule has 0 amide bonds. The Morgan fingerprint density at radius 2 is 2.00 bits per heavy atom. The lowest BCUT2D eigenvalue weighted by atomic mass is 9.80. The van der Waals surface area contributed by atoms with Crippen LogP contribution in [0.3, 0.4) is 0 Å². The average molecular weight is 298 g/mol. The number of aliphatic hydroxyl groups is 1. The Morgan fingerprint density at radius 3 is 2.59 bits per heavy atom. The van der Waals surface area contributed by atoms with E-state index in [4.69, 9.17) is 0 Å². The number of nitrogens with zero attached hydrogens (tertiary/aromatic N) is 1. The van der Waals surface area contributed by atoms with E-state index < -0.39 is 0 Å². The van der Waals surface area contributed by atoms with E-state index in [1.54, 1.807) is 0 Å². The fourth-order valence-electron chi connectivity index (χ4n) is 2.71. The molecule has 1 aliphatic rings. The molecule has 1 saturated heterocycles. The van der Waals surface area contributed by atoms with Crippen LogP contribution >= 0.6 is 15.9 Å². The molecule has 1 unspecified atom stereocenters. The van der Waals surface area contributed by atoms with E-state index >= 15 is 0 Å². The molecule has 17 heavy (non-hydrogen) atoms. The predicted molar refractivity (Wildman–Crippen MR) is 74.2 cm³/mol. The summed E-state index contributed by atoms with van der Waals surface area (Å²) in [5.41, 5.74) is 1.25. The molecule has 94 valence electrons. The lowest BCUT2D eigenvalue weighted by Crippen LogP contribution is -2.33. The van der Waals surface area contributed by atoms with Crippen molar-refractivity contribution in [3.63, 3.8) is 0 Å². The second-order valence-corrected chi connectivity index (χ2v) is 5.81. The Morgan fingerprint density at radius 1 is 1.35 bits per heavy atom. The molecule has 1 atom stereocenters. The quantitative estimate of drug-likeness (QED) is 0.927. The van der Waals surface area contributed by atoms with Gasteiger partial charge in [-0.3, -0.25) is 0 Å². The van der Waals surface area contributed by atoms with Crippen LogP contribution in [0.15, 0.2) is 28.7 Å². The molecule has 0 bridgehead atoms. The van der Waals surface area contributed by atoms with E-state index in [1.165, 1.54) is 18.4 Å². The van der Waals surface area contributed by atoms with Gasteiger partial charge in [0.15, 0.2) is 0 Å². The van der Waals surface area contributed by atoms with Crippen LogP contribution in [0.5, 0.6) is 0 Å². The van der Waals surface area contributed by atoms with Crippen LogP contribution in [-0.2, 0) is 0 Å². The van der Waals surface area contributed by atoms with Gasteiger partial charge in [0, 0.05) is 10.4 Å². The van der Waals surface area contributed by atoms with Gasteiger partial charge in [-0.25, -0.2) is 0 Å². The fraction of sp³-hybridized carbons (Fsp3) is 0.571. The molecule has 0 radical (unpaired) electrons.